The molecule has 2 rings (SSSR count). The highest BCUT2D eigenvalue weighted by molar-refractivity contribution is 6.62. The van der Waals surface area contributed by atoms with Gasteiger partial charge in [-0.3, -0.25) is 0 Å². The van der Waals surface area contributed by atoms with E-state index in [9.17, 15) is 0 Å². The quantitative estimate of drug-likeness (QED) is 0.790. The van der Waals surface area contributed by atoms with Crippen molar-refractivity contribution in [3.63, 3.8) is 0 Å². The monoisotopic (exact) mass is 273 g/mol. The first kappa shape index (κ1) is 15.4. The van der Waals surface area contributed by atoms with Gasteiger partial charge in [-0.25, -0.2) is 4.98 Å². The summed E-state index contributed by atoms with van der Waals surface area (Å²) in [5.41, 5.74) is 0.515. The molecule has 1 heterocycles. The summed E-state index contributed by atoms with van der Waals surface area (Å²) in [4.78, 5) is 3.56. The molecule has 1 aromatic heterocycles. The molecule has 1 aliphatic rings. The molecule has 0 N–H and O–H groups in total. The van der Waals surface area contributed by atoms with Gasteiger partial charge in [-0.2, -0.15) is 0 Å². The fourth-order valence-corrected chi connectivity index (χ4v) is 5.00. The number of hydrogen-bond acceptors (Lipinski definition) is 5. The van der Waals surface area contributed by atoms with E-state index < -0.39 is 8.80 Å². The van der Waals surface area contributed by atoms with E-state index in [1.165, 1.54) is 44.8 Å². The Hall–Kier alpha value is -0.693. The van der Waals surface area contributed by atoms with Crippen molar-refractivity contribution in [3.8, 4) is 0 Å². The standard InChI is InChI=1S/C9H20O3Si.C3H3NO/c1-10-13(11-2,12-3)9-7-5-4-6-8-9;1-2-5-3-4-1/h9H,4-8H2,1-3H3;1-3H. The molecule has 0 spiro atoms. The fourth-order valence-electron chi connectivity index (χ4n) is 2.38. The van der Waals surface area contributed by atoms with Crippen LogP contribution >= 0.6 is 0 Å². The smallest absolute Gasteiger partial charge is 0.452 e. The van der Waals surface area contributed by atoms with Crippen LogP contribution in [0.25, 0.3) is 0 Å². The van der Waals surface area contributed by atoms with Crippen LogP contribution in [0.2, 0.25) is 5.54 Å². The molecule has 0 unspecified atom stereocenters. The topological polar surface area (TPSA) is 53.7 Å². The van der Waals surface area contributed by atoms with Gasteiger partial charge < -0.3 is 17.7 Å². The van der Waals surface area contributed by atoms with Gasteiger partial charge in [-0.1, -0.05) is 19.3 Å². The maximum Gasteiger partial charge on any atom is 0.503 e. The van der Waals surface area contributed by atoms with Gasteiger partial charge >= 0.3 is 8.80 Å². The Morgan fingerprint density at radius 1 is 1.06 bits per heavy atom. The Morgan fingerprint density at radius 2 is 1.67 bits per heavy atom. The molecule has 0 amide bonds. The first-order valence-corrected chi connectivity index (χ1v) is 8.07. The van der Waals surface area contributed by atoms with E-state index in [4.69, 9.17) is 13.3 Å². The summed E-state index contributed by atoms with van der Waals surface area (Å²) in [6, 6.07) is 0. The zero-order valence-electron chi connectivity index (χ0n) is 11.4. The van der Waals surface area contributed by atoms with Crippen LogP contribution < -0.4 is 0 Å². The van der Waals surface area contributed by atoms with E-state index in [-0.39, 0.29) is 0 Å². The van der Waals surface area contributed by atoms with Gasteiger partial charge in [-0.15, -0.1) is 0 Å². The van der Waals surface area contributed by atoms with Crippen LogP contribution in [0.15, 0.2) is 23.3 Å². The van der Waals surface area contributed by atoms with Crippen molar-refractivity contribution in [1.82, 2.24) is 4.98 Å². The van der Waals surface area contributed by atoms with Crippen molar-refractivity contribution >= 4 is 8.80 Å². The molecule has 1 aliphatic carbocycles. The maximum atomic E-state index is 5.47. The van der Waals surface area contributed by atoms with Crippen LogP contribution in [0.4, 0.5) is 0 Å². The zero-order chi connectivity index (χ0) is 13.3. The summed E-state index contributed by atoms with van der Waals surface area (Å²) < 4.78 is 20.9. The third-order valence-electron chi connectivity index (χ3n) is 3.31. The molecule has 0 saturated heterocycles. The van der Waals surface area contributed by atoms with Crippen LogP contribution in [0, 0.1) is 0 Å². The van der Waals surface area contributed by atoms with Crippen LogP contribution in [-0.4, -0.2) is 35.1 Å². The van der Waals surface area contributed by atoms with Crippen molar-refractivity contribution in [2.45, 2.75) is 37.6 Å². The van der Waals surface area contributed by atoms with Gasteiger partial charge in [0.05, 0.1) is 6.20 Å². The minimum absolute atomic E-state index is 0.515. The van der Waals surface area contributed by atoms with Crippen LogP contribution in [-0.2, 0) is 13.3 Å². The van der Waals surface area contributed by atoms with E-state index >= 15 is 0 Å². The van der Waals surface area contributed by atoms with Gasteiger partial charge in [0.25, 0.3) is 0 Å². The summed E-state index contributed by atoms with van der Waals surface area (Å²) in [6.07, 6.45) is 10.8. The molecule has 0 aromatic carbocycles. The van der Waals surface area contributed by atoms with Crippen molar-refractivity contribution in [2.24, 2.45) is 0 Å². The Bertz CT molecular complexity index is 259. The summed E-state index contributed by atoms with van der Waals surface area (Å²) >= 11 is 0. The highest BCUT2D eigenvalue weighted by Crippen LogP contribution is 2.37. The lowest BCUT2D eigenvalue weighted by atomic mass is 10.0. The average Bonchev–Trinajstić information content (AvgIpc) is 3.02. The normalized spacial score (nSPS) is 17.1. The largest absolute Gasteiger partial charge is 0.503 e. The predicted molar refractivity (Wildman–Crippen MR) is 70.1 cm³/mol. The van der Waals surface area contributed by atoms with Crippen molar-refractivity contribution in [1.29, 1.82) is 0 Å². The molecule has 1 fully saturated rings. The summed E-state index contributed by atoms with van der Waals surface area (Å²) in [7, 11) is 2.79. The van der Waals surface area contributed by atoms with E-state index in [0.717, 1.165) is 0 Å². The molecule has 0 aliphatic heterocycles. The number of hydrogen-bond donors (Lipinski definition) is 0. The van der Waals surface area contributed by atoms with Gasteiger partial charge in [0.2, 0.25) is 0 Å². The molecular formula is C12H23NO4Si. The maximum absolute atomic E-state index is 5.47. The van der Waals surface area contributed by atoms with Gasteiger partial charge in [0.15, 0.2) is 6.39 Å². The molecule has 0 atom stereocenters. The first-order chi connectivity index (χ1) is 8.79. The molecule has 6 heteroatoms. The number of rotatable bonds is 4. The second-order valence-electron chi connectivity index (χ2n) is 4.23. The molecule has 5 nitrogen and oxygen atoms in total. The number of oxazole rings is 1. The van der Waals surface area contributed by atoms with Crippen molar-refractivity contribution in [3.05, 3.63) is 18.9 Å². The summed E-state index contributed by atoms with van der Waals surface area (Å²) in [6.45, 7) is 0. The van der Waals surface area contributed by atoms with E-state index in [0.29, 0.717) is 5.54 Å². The minimum Gasteiger partial charge on any atom is -0.452 e. The molecule has 0 bridgehead atoms. The Balaban J connectivity index is 0.000000269. The highest BCUT2D eigenvalue weighted by Gasteiger charge is 2.47. The van der Waals surface area contributed by atoms with Gasteiger partial charge in [0.1, 0.15) is 6.26 Å². The second-order valence-corrected chi connectivity index (χ2v) is 7.47. The van der Waals surface area contributed by atoms with Gasteiger partial charge in [-0.05, 0) is 12.8 Å². The average molecular weight is 273 g/mol. The predicted octanol–water partition coefficient (Wildman–Crippen LogP) is 2.87. The molecule has 1 saturated carbocycles. The Morgan fingerprint density at radius 3 is 2.00 bits per heavy atom. The van der Waals surface area contributed by atoms with Crippen LogP contribution in [0.5, 0.6) is 0 Å². The third-order valence-corrected chi connectivity index (χ3v) is 6.59. The lowest BCUT2D eigenvalue weighted by Gasteiger charge is -2.34. The minimum atomic E-state index is -2.32. The fraction of sp³-hybridized carbons (Fsp3) is 0.750. The molecule has 1 aromatic rings. The molecule has 0 radical (unpaired) electrons. The second kappa shape index (κ2) is 8.42. The SMILES string of the molecule is CO[Si](OC)(OC)C1CCCCC1.c1cocn1. The summed E-state index contributed by atoms with van der Waals surface area (Å²) in [5, 5.41) is 0. The summed E-state index contributed by atoms with van der Waals surface area (Å²) in [5.74, 6) is 0. The first-order valence-electron chi connectivity index (χ1n) is 6.26. The molecule has 18 heavy (non-hydrogen) atoms. The molecular weight excluding hydrogens is 250 g/mol. The van der Waals surface area contributed by atoms with Crippen molar-refractivity contribution in [2.75, 3.05) is 21.3 Å². The van der Waals surface area contributed by atoms with E-state index in [1.807, 2.05) is 0 Å². The Kier molecular flexibility index (Phi) is 7.18. The highest BCUT2D eigenvalue weighted by atomic mass is 28.4. The molecule has 104 valence electrons. The van der Waals surface area contributed by atoms with Crippen LogP contribution in [0.3, 0.4) is 0 Å². The lowest BCUT2D eigenvalue weighted by molar-refractivity contribution is 0.104. The Labute approximate surface area is 110 Å². The third kappa shape index (κ3) is 4.20. The van der Waals surface area contributed by atoms with E-state index in [2.05, 4.69) is 9.40 Å². The van der Waals surface area contributed by atoms with Crippen LogP contribution in [0.1, 0.15) is 32.1 Å². The van der Waals surface area contributed by atoms with E-state index in [1.54, 1.807) is 27.5 Å². The number of nitrogens with zero attached hydrogens (tertiary/aromatic N) is 1. The number of aromatic nitrogens is 1. The zero-order valence-corrected chi connectivity index (χ0v) is 12.4. The van der Waals surface area contributed by atoms with Gasteiger partial charge in [0, 0.05) is 26.9 Å². The lowest BCUT2D eigenvalue weighted by Crippen LogP contribution is -2.48. The van der Waals surface area contributed by atoms with Crippen molar-refractivity contribution < 1.29 is 17.7 Å².